The Morgan fingerprint density at radius 1 is 0.353 bits per heavy atom. The van der Waals surface area contributed by atoms with Gasteiger partial charge in [0, 0.05) is 51.2 Å². The molecule has 3 heteroatoms. The number of rotatable bonds is 25. The molecule has 0 saturated carbocycles. The van der Waals surface area contributed by atoms with Crippen LogP contribution in [0.3, 0.4) is 0 Å². The summed E-state index contributed by atoms with van der Waals surface area (Å²) >= 11 is 0. The van der Waals surface area contributed by atoms with E-state index in [1.165, 1.54) is 200 Å². The molecule has 0 N–H and O–H groups in total. The molecule has 17 aromatic carbocycles. The van der Waals surface area contributed by atoms with E-state index in [0.29, 0.717) is 5.92 Å². The Hall–Kier alpha value is -17.5. The molecule has 0 bridgehead atoms. The molecular weight excluding hydrogens is 1810 g/mol. The fourth-order valence-corrected chi connectivity index (χ4v) is 22.8. The standard InChI is InChI=1S/C51H41N.C50H43N.C46H43N/c1-51(2)49-21-13-12-20-46(49)47-32-26-41(34-50(47)51)48-35-44(31-33-45(48)40-18-10-5-11-19-40)52(42-27-22-38(23-28-42)36-14-6-3-7-15-36)43-29-24-39(25-30-43)37-16-8-4-9-17-37;1-3-36-34-42-22-14-15-23-48(42)50(46(36)4-2)49-35-45(32-33-47(49)41-20-12-7-13-21-41)51(43-28-24-39(25-29-43)37-16-8-5-9-17-37)44-30-26-40(27-31-44)38-18-10-6-11-19-38;1-5-6-16-34(2)35(3)25-26-36(4)47(41-29-27-38(28-30-41)37-17-9-7-10-18-37)42-31-32-44(39-19-11-8-12-20-39)46(33-42)45-24-15-22-40-21-13-14-23-43(40)45/h3-34,44H,35H2,1-2H3;3-10,12-18,20-26,28-30,32-34,45H,1-2,11,19,27,31,35H2;5-27,29-33,38H,28H2,1-4H3/b;;6-5-,34-16+,35-25+,36-26+. The second-order valence-electron chi connectivity index (χ2n) is 40.3. The summed E-state index contributed by atoms with van der Waals surface area (Å²) in [6, 6.07) is 152. The van der Waals surface area contributed by atoms with E-state index < -0.39 is 0 Å². The Labute approximate surface area is 888 Å². The molecule has 730 valence electrons. The molecule has 0 aliphatic heterocycles. The van der Waals surface area contributed by atoms with Crippen molar-refractivity contribution >= 4 is 78.7 Å². The van der Waals surface area contributed by atoms with Crippen molar-refractivity contribution < 1.29 is 0 Å². The van der Waals surface area contributed by atoms with E-state index in [9.17, 15) is 0 Å². The van der Waals surface area contributed by atoms with Crippen LogP contribution in [-0.2, 0) is 5.41 Å². The number of nitrogens with zero attached hydrogens (tertiary/aromatic N) is 3. The molecule has 0 aromatic heterocycles. The lowest BCUT2D eigenvalue weighted by Gasteiger charge is -2.38. The summed E-state index contributed by atoms with van der Waals surface area (Å²) in [6.07, 6.45) is 50.0. The number of fused-ring (bicyclic) bond motifs is 5. The van der Waals surface area contributed by atoms with Crippen LogP contribution in [0.5, 0.6) is 0 Å². The number of anilines is 4. The molecule has 0 fully saturated rings. The Bertz CT molecular complexity index is 8200. The lowest BCUT2D eigenvalue weighted by Crippen LogP contribution is -2.35. The van der Waals surface area contributed by atoms with Crippen LogP contribution in [0.25, 0.3) is 123 Å². The molecule has 6 aliphatic rings. The summed E-state index contributed by atoms with van der Waals surface area (Å²) in [6.45, 7) is 21.9. The first-order valence-corrected chi connectivity index (χ1v) is 53.2. The Morgan fingerprint density at radius 3 is 1.40 bits per heavy atom. The van der Waals surface area contributed by atoms with Gasteiger partial charge >= 0.3 is 0 Å². The molecular formula is C147H127N3. The average Bonchev–Trinajstić information content (AvgIpc) is 1.57. The summed E-state index contributed by atoms with van der Waals surface area (Å²) in [5, 5.41) is 4.96. The van der Waals surface area contributed by atoms with E-state index >= 15 is 0 Å². The molecule has 3 nitrogen and oxygen atoms in total. The highest BCUT2D eigenvalue weighted by Crippen LogP contribution is 2.53. The van der Waals surface area contributed by atoms with Gasteiger partial charge in [-0.05, 0) is 334 Å². The molecule has 0 heterocycles. The summed E-state index contributed by atoms with van der Waals surface area (Å²) < 4.78 is 0. The zero-order valence-electron chi connectivity index (χ0n) is 86.7. The summed E-state index contributed by atoms with van der Waals surface area (Å²) in [5.74, 6) is 0.374. The summed E-state index contributed by atoms with van der Waals surface area (Å²) in [4.78, 5) is 7.54. The summed E-state index contributed by atoms with van der Waals surface area (Å²) in [5.41, 5.74) is 45.5. The number of allylic oxidation sites excluding steroid dienone is 23. The first kappa shape index (κ1) is 98.5. The molecule has 0 amide bonds. The van der Waals surface area contributed by atoms with Gasteiger partial charge in [-0.2, -0.15) is 0 Å². The second-order valence-corrected chi connectivity index (χ2v) is 40.3. The average molecular weight is 1940 g/mol. The lowest BCUT2D eigenvalue weighted by molar-refractivity contribution is 0.660. The first-order valence-electron chi connectivity index (χ1n) is 53.2. The van der Waals surface area contributed by atoms with E-state index in [1.54, 1.807) is 0 Å². The fourth-order valence-electron chi connectivity index (χ4n) is 22.8. The van der Waals surface area contributed by atoms with Crippen molar-refractivity contribution in [2.45, 2.75) is 110 Å². The van der Waals surface area contributed by atoms with Crippen LogP contribution < -0.4 is 14.7 Å². The van der Waals surface area contributed by atoms with Crippen LogP contribution in [0.2, 0.25) is 0 Å². The van der Waals surface area contributed by atoms with E-state index in [-0.39, 0.29) is 17.5 Å². The molecule has 0 radical (unpaired) electrons. The van der Waals surface area contributed by atoms with Crippen molar-refractivity contribution in [3.63, 3.8) is 0 Å². The smallest absolute Gasteiger partial charge is 0.0566 e. The van der Waals surface area contributed by atoms with Crippen LogP contribution in [0.4, 0.5) is 22.7 Å². The van der Waals surface area contributed by atoms with E-state index in [0.717, 1.165) is 67.5 Å². The normalized spacial score (nSPS) is 16.1. The number of hydrogen-bond donors (Lipinski definition) is 0. The highest BCUT2D eigenvalue weighted by atomic mass is 15.2. The van der Waals surface area contributed by atoms with Crippen molar-refractivity contribution in [1.82, 2.24) is 0 Å². The summed E-state index contributed by atoms with van der Waals surface area (Å²) in [7, 11) is 0. The first-order chi connectivity index (χ1) is 73.8. The third-order valence-corrected chi connectivity index (χ3v) is 30.8. The molecule has 150 heavy (non-hydrogen) atoms. The third kappa shape index (κ3) is 21.3. The molecule has 17 aromatic rings. The molecule has 0 saturated heterocycles. The monoisotopic (exact) mass is 1930 g/mol. The number of hydrogen-bond acceptors (Lipinski definition) is 3. The van der Waals surface area contributed by atoms with E-state index in [4.69, 9.17) is 0 Å². The largest absolute Gasteiger partial charge is 0.338 e. The van der Waals surface area contributed by atoms with Crippen molar-refractivity contribution in [2.75, 3.05) is 14.7 Å². The van der Waals surface area contributed by atoms with Gasteiger partial charge in [0.15, 0.2) is 0 Å². The van der Waals surface area contributed by atoms with Crippen LogP contribution >= 0.6 is 0 Å². The Balaban J connectivity index is 0.000000132. The van der Waals surface area contributed by atoms with Gasteiger partial charge in [-0.1, -0.05) is 482 Å². The molecule has 6 aliphatic carbocycles. The van der Waals surface area contributed by atoms with E-state index in [1.807, 2.05) is 19.1 Å². The maximum Gasteiger partial charge on any atom is 0.0566 e. The maximum absolute atomic E-state index is 4.33. The zero-order valence-corrected chi connectivity index (χ0v) is 86.7. The molecule has 23 rings (SSSR count). The maximum atomic E-state index is 4.33. The molecule has 0 spiro atoms. The van der Waals surface area contributed by atoms with Gasteiger partial charge in [0.1, 0.15) is 0 Å². The third-order valence-electron chi connectivity index (χ3n) is 30.8. The van der Waals surface area contributed by atoms with Crippen LogP contribution in [-0.4, -0.2) is 12.1 Å². The van der Waals surface area contributed by atoms with Gasteiger partial charge < -0.3 is 14.7 Å². The van der Waals surface area contributed by atoms with Gasteiger partial charge in [-0.15, -0.1) is 0 Å². The Morgan fingerprint density at radius 2 is 0.833 bits per heavy atom. The van der Waals surface area contributed by atoms with Crippen LogP contribution in [0.1, 0.15) is 142 Å². The van der Waals surface area contributed by atoms with Crippen LogP contribution in [0.15, 0.2) is 574 Å². The minimum Gasteiger partial charge on any atom is -0.338 e. The van der Waals surface area contributed by atoms with Crippen LogP contribution in [0, 0.1) is 0 Å². The van der Waals surface area contributed by atoms with Crippen molar-refractivity contribution in [2.24, 2.45) is 0 Å². The minimum absolute atomic E-state index is 0.0631. The highest BCUT2D eigenvalue weighted by molar-refractivity contribution is 6.09. The van der Waals surface area contributed by atoms with E-state index in [2.05, 4.69) is 584 Å². The van der Waals surface area contributed by atoms with Crippen molar-refractivity contribution in [3.05, 3.63) is 624 Å². The fraction of sp³-hybridized carbons (Fsp3) is 0.116. The Kier molecular flexibility index (Phi) is 30.0. The minimum atomic E-state index is -0.0631. The zero-order chi connectivity index (χ0) is 102. The van der Waals surface area contributed by atoms with Gasteiger partial charge in [0.05, 0.1) is 12.1 Å². The lowest BCUT2D eigenvalue weighted by atomic mass is 9.79. The van der Waals surface area contributed by atoms with Crippen molar-refractivity contribution in [1.29, 1.82) is 0 Å². The topological polar surface area (TPSA) is 9.72 Å². The molecule has 3 atom stereocenters. The van der Waals surface area contributed by atoms with Gasteiger partial charge in [-0.25, -0.2) is 0 Å². The van der Waals surface area contributed by atoms with Gasteiger partial charge in [0.2, 0.25) is 0 Å². The quantitative estimate of drug-likeness (QED) is 0.0528. The SMILES string of the molecule is C=Cc1cc2ccccc2c(C2=C(c3ccccc3)C=CC(N(C3=CC=C(C4=CC=CCC4)CC3)c3ccc(-c4ccccc4)cc3)C2)c1C=C.CC1(C)c2ccccc2-c2ccc(C3=C(c4ccccc4)C=CC(N(c4ccc(-c5ccccc5)cc4)c4ccc(-c5ccccc5)cc4)C3)cc21.C\C=C/C=C(C)/C(C)=C/C=C(\C)N(C1=CCC(c2ccccc2)C=C1)c1ccc(-c2ccccc2)c(-c2cccc3ccccc23)c1. The second kappa shape index (κ2) is 45.6. The molecule has 3 unspecified atom stereocenters. The van der Waals surface area contributed by atoms with Gasteiger partial charge in [-0.3, -0.25) is 0 Å². The predicted molar refractivity (Wildman–Crippen MR) is 646 cm³/mol. The van der Waals surface area contributed by atoms with Gasteiger partial charge in [0.25, 0.3) is 0 Å². The van der Waals surface area contributed by atoms with Crippen molar-refractivity contribution in [3.8, 4) is 66.8 Å². The predicted octanol–water partition coefficient (Wildman–Crippen LogP) is 39.8. The number of benzene rings is 17. The highest BCUT2D eigenvalue weighted by Gasteiger charge is 2.38.